The molecule has 0 saturated heterocycles. The van der Waals surface area contributed by atoms with Crippen molar-refractivity contribution in [3.63, 3.8) is 0 Å². The smallest absolute Gasteiger partial charge is 0.353 e. The molecule has 0 spiro atoms. The number of aromatic carboxylic acids is 1. The number of hydrogen-bond donors (Lipinski definition) is 2. The SMILES string of the molecule is CCc1cccc(CC)c1-c1ncc(C(=O)O)[nH]1. The van der Waals surface area contributed by atoms with Crippen molar-refractivity contribution < 1.29 is 9.90 Å². The number of aromatic nitrogens is 2. The Hall–Kier alpha value is -2.10. The fourth-order valence-corrected chi connectivity index (χ4v) is 2.10. The second-order valence-corrected chi connectivity index (χ2v) is 4.11. The van der Waals surface area contributed by atoms with E-state index in [1.54, 1.807) is 0 Å². The van der Waals surface area contributed by atoms with Crippen LogP contribution in [0.5, 0.6) is 0 Å². The summed E-state index contributed by atoms with van der Waals surface area (Å²) in [5.41, 5.74) is 3.52. The maximum absolute atomic E-state index is 10.9. The molecule has 2 aromatic rings. The molecule has 0 aliphatic heterocycles. The van der Waals surface area contributed by atoms with Gasteiger partial charge in [0.15, 0.2) is 0 Å². The maximum atomic E-state index is 10.9. The van der Waals surface area contributed by atoms with E-state index in [0.717, 1.165) is 18.4 Å². The number of rotatable bonds is 4. The Balaban J connectivity index is 2.57. The van der Waals surface area contributed by atoms with Gasteiger partial charge >= 0.3 is 5.97 Å². The second kappa shape index (κ2) is 5.04. The van der Waals surface area contributed by atoms with Crippen LogP contribution in [0.4, 0.5) is 0 Å². The molecule has 2 N–H and O–H groups in total. The first-order valence-corrected chi connectivity index (χ1v) is 6.06. The predicted octanol–water partition coefficient (Wildman–Crippen LogP) is 2.90. The molecule has 0 atom stereocenters. The van der Waals surface area contributed by atoms with E-state index in [1.807, 2.05) is 6.07 Å². The van der Waals surface area contributed by atoms with Crippen molar-refractivity contribution in [2.45, 2.75) is 26.7 Å². The molecule has 0 bridgehead atoms. The number of carboxylic acids is 1. The summed E-state index contributed by atoms with van der Waals surface area (Å²) in [4.78, 5) is 17.9. The first-order valence-electron chi connectivity index (χ1n) is 6.06. The van der Waals surface area contributed by atoms with Gasteiger partial charge in [0.05, 0.1) is 6.20 Å². The van der Waals surface area contributed by atoms with Gasteiger partial charge in [0, 0.05) is 5.56 Å². The summed E-state index contributed by atoms with van der Waals surface area (Å²) in [6.07, 6.45) is 3.15. The lowest BCUT2D eigenvalue weighted by atomic mass is 9.97. The molecule has 0 fully saturated rings. The van der Waals surface area contributed by atoms with Gasteiger partial charge in [0.2, 0.25) is 0 Å². The summed E-state index contributed by atoms with van der Waals surface area (Å²) in [5.74, 6) is -0.345. The highest BCUT2D eigenvalue weighted by Gasteiger charge is 2.14. The molecule has 94 valence electrons. The Morgan fingerprint density at radius 3 is 2.33 bits per heavy atom. The van der Waals surface area contributed by atoms with Gasteiger partial charge in [-0.2, -0.15) is 0 Å². The Morgan fingerprint density at radius 1 is 1.28 bits per heavy atom. The Labute approximate surface area is 106 Å². The molecular weight excluding hydrogens is 228 g/mol. The number of benzene rings is 1. The lowest BCUT2D eigenvalue weighted by molar-refractivity contribution is 0.0691. The van der Waals surface area contributed by atoms with Crippen molar-refractivity contribution >= 4 is 5.97 Å². The van der Waals surface area contributed by atoms with Crippen molar-refractivity contribution in [3.05, 3.63) is 41.2 Å². The van der Waals surface area contributed by atoms with Crippen LogP contribution in [0.2, 0.25) is 0 Å². The first-order chi connectivity index (χ1) is 8.67. The first kappa shape index (κ1) is 12.4. The zero-order valence-electron chi connectivity index (χ0n) is 10.5. The summed E-state index contributed by atoms with van der Waals surface area (Å²) in [6, 6.07) is 6.14. The number of nitrogens with zero attached hydrogens (tertiary/aromatic N) is 1. The number of imidazole rings is 1. The van der Waals surface area contributed by atoms with Crippen molar-refractivity contribution in [2.75, 3.05) is 0 Å². The molecule has 2 rings (SSSR count). The molecule has 0 aliphatic rings. The van der Waals surface area contributed by atoms with Crippen LogP contribution < -0.4 is 0 Å². The quantitative estimate of drug-likeness (QED) is 0.869. The van der Waals surface area contributed by atoms with Gasteiger partial charge in [-0.1, -0.05) is 32.0 Å². The average Bonchev–Trinajstić information content (AvgIpc) is 2.87. The molecule has 18 heavy (non-hydrogen) atoms. The lowest BCUT2D eigenvalue weighted by Gasteiger charge is -2.10. The molecule has 0 aliphatic carbocycles. The van der Waals surface area contributed by atoms with Gasteiger partial charge in [-0.25, -0.2) is 9.78 Å². The zero-order valence-corrected chi connectivity index (χ0v) is 10.5. The van der Waals surface area contributed by atoms with Crippen LogP contribution in [0.3, 0.4) is 0 Å². The topological polar surface area (TPSA) is 66.0 Å². The Morgan fingerprint density at radius 2 is 1.89 bits per heavy atom. The molecule has 1 heterocycles. The van der Waals surface area contributed by atoms with E-state index in [1.165, 1.54) is 17.3 Å². The third-order valence-electron chi connectivity index (χ3n) is 3.04. The normalized spacial score (nSPS) is 10.6. The molecular formula is C14H16N2O2. The van der Waals surface area contributed by atoms with Gasteiger partial charge in [-0.3, -0.25) is 0 Å². The highest BCUT2D eigenvalue weighted by Crippen LogP contribution is 2.26. The molecule has 0 radical (unpaired) electrons. The van der Waals surface area contributed by atoms with Crippen LogP contribution >= 0.6 is 0 Å². The van der Waals surface area contributed by atoms with Gasteiger partial charge in [-0.05, 0) is 24.0 Å². The van der Waals surface area contributed by atoms with Crippen molar-refractivity contribution in [1.29, 1.82) is 0 Å². The molecule has 0 amide bonds. The van der Waals surface area contributed by atoms with Gasteiger partial charge in [0.25, 0.3) is 0 Å². The summed E-state index contributed by atoms with van der Waals surface area (Å²) < 4.78 is 0. The predicted molar refractivity (Wildman–Crippen MR) is 69.7 cm³/mol. The minimum atomic E-state index is -0.985. The maximum Gasteiger partial charge on any atom is 0.353 e. The van der Waals surface area contributed by atoms with Gasteiger partial charge in [-0.15, -0.1) is 0 Å². The second-order valence-electron chi connectivity index (χ2n) is 4.11. The van der Waals surface area contributed by atoms with E-state index in [2.05, 4.69) is 35.9 Å². The van der Waals surface area contributed by atoms with E-state index in [0.29, 0.717) is 5.82 Å². The van der Waals surface area contributed by atoms with Crippen molar-refractivity contribution in [1.82, 2.24) is 9.97 Å². The van der Waals surface area contributed by atoms with E-state index >= 15 is 0 Å². The summed E-state index contributed by atoms with van der Waals surface area (Å²) in [6.45, 7) is 4.17. The number of carbonyl (C=O) groups is 1. The number of aromatic amines is 1. The molecule has 0 unspecified atom stereocenters. The van der Waals surface area contributed by atoms with Crippen LogP contribution in [-0.4, -0.2) is 21.0 Å². The monoisotopic (exact) mass is 244 g/mol. The van der Waals surface area contributed by atoms with E-state index in [9.17, 15) is 4.79 Å². The minimum Gasteiger partial charge on any atom is -0.477 e. The van der Waals surface area contributed by atoms with Crippen LogP contribution in [0.1, 0.15) is 35.5 Å². The van der Waals surface area contributed by atoms with Crippen molar-refractivity contribution in [2.24, 2.45) is 0 Å². The molecule has 1 aromatic heterocycles. The largest absolute Gasteiger partial charge is 0.477 e. The standard InChI is InChI=1S/C14H16N2O2/c1-3-9-6-5-7-10(4-2)12(9)13-15-8-11(16-13)14(17)18/h5-8H,3-4H2,1-2H3,(H,15,16)(H,17,18). The number of aryl methyl sites for hydroxylation is 2. The highest BCUT2D eigenvalue weighted by molar-refractivity contribution is 5.86. The average molecular weight is 244 g/mol. The third kappa shape index (κ3) is 2.14. The fraction of sp³-hybridized carbons (Fsp3) is 0.286. The van der Waals surface area contributed by atoms with E-state index in [4.69, 9.17) is 5.11 Å². The van der Waals surface area contributed by atoms with Crippen LogP contribution in [0.15, 0.2) is 24.4 Å². The number of H-pyrrole nitrogens is 1. The third-order valence-corrected chi connectivity index (χ3v) is 3.04. The molecule has 0 saturated carbocycles. The number of nitrogens with one attached hydrogen (secondary N) is 1. The molecule has 4 nitrogen and oxygen atoms in total. The summed E-state index contributed by atoms with van der Waals surface area (Å²) in [7, 11) is 0. The van der Waals surface area contributed by atoms with Crippen LogP contribution in [0.25, 0.3) is 11.4 Å². The fourth-order valence-electron chi connectivity index (χ4n) is 2.10. The Kier molecular flexibility index (Phi) is 3.46. The van der Waals surface area contributed by atoms with Crippen molar-refractivity contribution in [3.8, 4) is 11.4 Å². The zero-order chi connectivity index (χ0) is 13.1. The van der Waals surface area contributed by atoms with Gasteiger partial charge in [0.1, 0.15) is 11.5 Å². The minimum absolute atomic E-state index is 0.123. The molecule has 4 heteroatoms. The highest BCUT2D eigenvalue weighted by atomic mass is 16.4. The molecule has 1 aromatic carbocycles. The van der Waals surface area contributed by atoms with E-state index in [-0.39, 0.29) is 5.69 Å². The number of carboxylic acid groups (broad SMARTS) is 1. The van der Waals surface area contributed by atoms with Gasteiger partial charge < -0.3 is 10.1 Å². The van der Waals surface area contributed by atoms with E-state index < -0.39 is 5.97 Å². The van der Waals surface area contributed by atoms with Crippen LogP contribution in [-0.2, 0) is 12.8 Å². The number of hydrogen-bond acceptors (Lipinski definition) is 2. The Bertz CT molecular complexity index is 551. The summed E-state index contributed by atoms with van der Waals surface area (Å²) in [5, 5.41) is 8.93. The summed E-state index contributed by atoms with van der Waals surface area (Å²) >= 11 is 0. The van der Waals surface area contributed by atoms with Crippen LogP contribution in [0, 0.1) is 0 Å². The lowest BCUT2D eigenvalue weighted by Crippen LogP contribution is -1.98.